The molecule has 1 N–H and O–H groups in total. The zero-order valence-corrected chi connectivity index (χ0v) is 9.58. The molecular formula is C12H22O3. The van der Waals surface area contributed by atoms with E-state index in [1.165, 1.54) is 26.2 Å². The summed E-state index contributed by atoms with van der Waals surface area (Å²) in [5, 5.41) is 8.72. The number of carbonyl (C=O) groups is 1. The lowest BCUT2D eigenvalue weighted by atomic mass is 9.83. The first-order valence-corrected chi connectivity index (χ1v) is 6.02. The van der Waals surface area contributed by atoms with Gasteiger partial charge in [0, 0.05) is 13.5 Å². The van der Waals surface area contributed by atoms with E-state index >= 15 is 0 Å². The Morgan fingerprint density at radius 1 is 1.33 bits per heavy atom. The largest absolute Gasteiger partial charge is 0.462 e. The predicted molar refractivity (Wildman–Crippen MR) is 58.4 cm³/mol. The predicted octanol–water partition coefficient (Wildman–Crippen LogP) is 2.27. The van der Waals surface area contributed by atoms with E-state index in [-0.39, 0.29) is 18.7 Å². The van der Waals surface area contributed by atoms with Crippen LogP contribution in [0, 0.1) is 5.92 Å². The van der Waals surface area contributed by atoms with E-state index in [9.17, 15) is 4.79 Å². The van der Waals surface area contributed by atoms with Crippen LogP contribution < -0.4 is 0 Å². The van der Waals surface area contributed by atoms with Crippen molar-refractivity contribution >= 4 is 5.97 Å². The molecule has 88 valence electrons. The van der Waals surface area contributed by atoms with Crippen LogP contribution in [-0.4, -0.2) is 23.8 Å². The molecule has 1 aliphatic carbocycles. The molecule has 1 rings (SSSR count). The molecule has 1 saturated carbocycles. The molecule has 2 unspecified atom stereocenters. The highest BCUT2D eigenvalue weighted by Crippen LogP contribution is 2.30. The van der Waals surface area contributed by atoms with Crippen LogP contribution in [-0.2, 0) is 9.53 Å². The molecule has 0 aromatic heterocycles. The van der Waals surface area contributed by atoms with Crippen LogP contribution in [0.3, 0.4) is 0 Å². The van der Waals surface area contributed by atoms with Gasteiger partial charge in [0.1, 0.15) is 6.10 Å². The summed E-state index contributed by atoms with van der Waals surface area (Å²) in [5.74, 6) is 0.364. The quantitative estimate of drug-likeness (QED) is 0.564. The average molecular weight is 214 g/mol. The molecular weight excluding hydrogens is 192 g/mol. The highest BCUT2D eigenvalue weighted by atomic mass is 16.5. The van der Waals surface area contributed by atoms with Crippen LogP contribution >= 0.6 is 0 Å². The Balaban J connectivity index is 2.32. The van der Waals surface area contributed by atoms with Gasteiger partial charge in [0.15, 0.2) is 0 Å². The molecule has 0 bridgehead atoms. The highest BCUT2D eigenvalue weighted by molar-refractivity contribution is 5.66. The maximum absolute atomic E-state index is 10.9. The Morgan fingerprint density at radius 2 is 2.07 bits per heavy atom. The van der Waals surface area contributed by atoms with Gasteiger partial charge in [0.2, 0.25) is 0 Å². The van der Waals surface area contributed by atoms with Gasteiger partial charge in [-0.3, -0.25) is 4.79 Å². The molecule has 2 atom stereocenters. The first-order chi connectivity index (χ1) is 7.24. The lowest BCUT2D eigenvalue weighted by Gasteiger charge is -2.30. The van der Waals surface area contributed by atoms with Gasteiger partial charge in [-0.1, -0.05) is 12.8 Å². The van der Waals surface area contributed by atoms with Gasteiger partial charge in [-0.2, -0.15) is 0 Å². The zero-order chi connectivity index (χ0) is 11.1. The third kappa shape index (κ3) is 4.65. The molecule has 15 heavy (non-hydrogen) atoms. The average Bonchev–Trinajstić information content (AvgIpc) is 2.20. The minimum atomic E-state index is -0.158. The lowest BCUT2D eigenvalue weighted by Crippen LogP contribution is -2.29. The summed E-state index contributed by atoms with van der Waals surface area (Å²) in [4.78, 5) is 10.9. The first-order valence-electron chi connectivity index (χ1n) is 6.02. The molecule has 0 spiro atoms. The van der Waals surface area contributed by atoms with E-state index in [4.69, 9.17) is 9.84 Å². The standard InChI is InChI=1S/C12H22O3/c1-10(14)15-12-8-3-2-6-11(12)7-4-5-9-13/h11-13H,2-9H2,1H3. The number of aliphatic hydroxyl groups excluding tert-OH is 1. The number of esters is 1. The fraction of sp³-hybridized carbons (Fsp3) is 0.917. The zero-order valence-electron chi connectivity index (χ0n) is 9.58. The van der Waals surface area contributed by atoms with Crippen molar-refractivity contribution in [2.75, 3.05) is 6.61 Å². The third-order valence-electron chi connectivity index (χ3n) is 3.14. The Morgan fingerprint density at radius 3 is 2.73 bits per heavy atom. The fourth-order valence-electron chi connectivity index (χ4n) is 2.39. The molecule has 0 saturated heterocycles. The monoisotopic (exact) mass is 214 g/mol. The van der Waals surface area contributed by atoms with Gasteiger partial charge in [-0.15, -0.1) is 0 Å². The van der Waals surface area contributed by atoms with Crippen molar-refractivity contribution in [1.82, 2.24) is 0 Å². The molecule has 0 aromatic rings. The van der Waals surface area contributed by atoms with Gasteiger partial charge >= 0.3 is 5.97 Å². The second-order valence-corrected chi connectivity index (χ2v) is 4.41. The van der Waals surface area contributed by atoms with Crippen molar-refractivity contribution in [2.24, 2.45) is 5.92 Å². The van der Waals surface area contributed by atoms with Crippen molar-refractivity contribution in [3.05, 3.63) is 0 Å². The van der Waals surface area contributed by atoms with E-state index in [1.54, 1.807) is 0 Å². The number of hydrogen-bond acceptors (Lipinski definition) is 3. The molecule has 1 aliphatic rings. The van der Waals surface area contributed by atoms with Crippen LogP contribution in [0.2, 0.25) is 0 Å². The molecule has 0 aliphatic heterocycles. The van der Waals surface area contributed by atoms with Crippen LogP contribution in [0.5, 0.6) is 0 Å². The summed E-state index contributed by atoms with van der Waals surface area (Å²) in [5.41, 5.74) is 0. The Labute approximate surface area is 91.8 Å². The van der Waals surface area contributed by atoms with Crippen molar-refractivity contribution in [1.29, 1.82) is 0 Å². The maximum atomic E-state index is 10.9. The molecule has 0 heterocycles. The Bertz CT molecular complexity index is 191. The molecule has 0 amide bonds. The lowest BCUT2D eigenvalue weighted by molar-refractivity contribution is -0.151. The minimum absolute atomic E-state index is 0.134. The van der Waals surface area contributed by atoms with E-state index in [2.05, 4.69) is 0 Å². The number of aliphatic hydroxyl groups is 1. The summed E-state index contributed by atoms with van der Waals surface area (Å²) in [7, 11) is 0. The van der Waals surface area contributed by atoms with E-state index in [1.807, 2.05) is 0 Å². The molecule has 3 nitrogen and oxygen atoms in total. The van der Waals surface area contributed by atoms with Gasteiger partial charge in [0.25, 0.3) is 0 Å². The van der Waals surface area contributed by atoms with E-state index in [0.717, 1.165) is 25.7 Å². The van der Waals surface area contributed by atoms with Crippen molar-refractivity contribution in [3.63, 3.8) is 0 Å². The molecule has 3 heteroatoms. The summed E-state index contributed by atoms with van der Waals surface area (Å²) in [6, 6.07) is 0. The number of hydrogen-bond donors (Lipinski definition) is 1. The van der Waals surface area contributed by atoms with Crippen molar-refractivity contribution in [2.45, 2.75) is 58.0 Å². The highest BCUT2D eigenvalue weighted by Gasteiger charge is 2.26. The minimum Gasteiger partial charge on any atom is -0.462 e. The Hall–Kier alpha value is -0.570. The van der Waals surface area contributed by atoms with Crippen LogP contribution in [0.1, 0.15) is 51.9 Å². The van der Waals surface area contributed by atoms with Gasteiger partial charge < -0.3 is 9.84 Å². The molecule has 1 fully saturated rings. The van der Waals surface area contributed by atoms with Crippen molar-refractivity contribution < 1.29 is 14.6 Å². The van der Waals surface area contributed by atoms with Crippen molar-refractivity contribution in [3.8, 4) is 0 Å². The van der Waals surface area contributed by atoms with Gasteiger partial charge in [-0.25, -0.2) is 0 Å². The van der Waals surface area contributed by atoms with Crippen LogP contribution in [0.4, 0.5) is 0 Å². The molecule has 0 radical (unpaired) electrons. The summed E-state index contributed by atoms with van der Waals surface area (Å²) in [6.07, 6.45) is 7.73. The number of carbonyl (C=O) groups excluding carboxylic acids is 1. The number of unbranched alkanes of at least 4 members (excludes halogenated alkanes) is 1. The van der Waals surface area contributed by atoms with Crippen LogP contribution in [0.25, 0.3) is 0 Å². The third-order valence-corrected chi connectivity index (χ3v) is 3.14. The normalized spacial score (nSPS) is 26.3. The van der Waals surface area contributed by atoms with E-state index in [0.29, 0.717) is 5.92 Å². The fourth-order valence-corrected chi connectivity index (χ4v) is 2.39. The summed E-state index contributed by atoms with van der Waals surface area (Å²) < 4.78 is 5.33. The second kappa shape index (κ2) is 6.83. The SMILES string of the molecule is CC(=O)OC1CCCCC1CCCCO. The first kappa shape index (κ1) is 12.5. The summed E-state index contributed by atoms with van der Waals surface area (Å²) >= 11 is 0. The number of ether oxygens (including phenoxy) is 1. The van der Waals surface area contributed by atoms with Gasteiger partial charge in [-0.05, 0) is 38.0 Å². The second-order valence-electron chi connectivity index (χ2n) is 4.41. The van der Waals surface area contributed by atoms with E-state index < -0.39 is 0 Å². The summed E-state index contributed by atoms with van der Waals surface area (Å²) in [6.45, 7) is 1.75. The van der Waals surface area contributed by atoms with Crippen LogP contribution in [0.15, 0.2) is 0 Å². The number of rotatable bonds is 5. The molecule has 0 aromatic carbocycles. The Kier molecular flexibility index (Phi) is 5.69. The smallest absolute Gasteiger partial charge is 0.302 e. The topological polar surface area (TPSA) is 46.5 Å². The van der Waals surface area contributed by atoms with Gasteiger partial charge in [0.05, 0.1) is 0 Å². The maximum Gasteiger partial charge on any atom is 0.302 e.